The number of benzene rings is 2. The molecule has 0 fully saturated rings. The van der Waals surface area contributed by atoms with Gasteiger partial charge in [0.1, 0.15) is 0 Å². The summed E-state index contributed by atoms with van der Waals surface area (Å²) in [6, 6.07) is 12.5. The Labute approximate surface area is 136 Å². The van der Waals surface area contributed by atoms with E-state index in [2.05, 4.69) is 5.53 Å². The van der Waals surface area contributed by atoms with E-state index in [4.69, 9.17) is 0 Å². The van der Waals surface area contributed by atoms with Gasteiger partial charge in [-0.05, 0) is 48.7 Å². The number of aryl methyl sites for hydroxylation is 1. The first-order valence-electron chi connectivity index (χ1n) is 7.49. The number of alkyl halides is 3. The normalized spacial score (nSPS) is 17.1. The SMILES string of the molecule is OC1=C2CCc3ccccc3N2NN1c1ccc(C(F)(F)F)cc1. The summed E-state index contributed by atoms with van der Waals surface area (Å²) in [5, 5.41) is 13.6. The fourth-order valence-electron chi connectivity index (χ4n) is 3.03. The number of allylic oxidation sites excluding steroid dienone is 1. The predicted molar refractivity (Wildman–Crippen MR) is 84.0 cm³/mol. The zero-order valence-electron chi connectivity index (χ0n) is 12.5. The Hall–Kier alpha value is -2.67. The van der Waals surface area contributed by atoms with E-state index in [1.54, 1.807) is 5.01 Å². The molecule has 2 aromatic rings. The molecule has 2 aromatic carbocycles. The van der Waals surface area contributed by atoms with Crippen molar-refractivity contribution in [3.8, 4) is 0 Å². The highest BCUT2D eigenvalue weighted by atomic mass is 19.4. The summed E-state index contributed by atoms with van der Waals surface area (Å²) < 4.78 is 38.1. The second kappa shape index (κ2) is 5.17. The third-order valence-corrected chi connectivity index (χ3v) is 4.26. The molecule has 0 unspecified atom stereocenters. The smallest absolute Gasteiger partial charge is 0.416 e. The lowest BCUT2D eigenvalue weighted by atomic mass is 10.0. The van der Waals surface area contributed by atoms with E-state index >= 15 is 0 Å². The van der Waals surface area contributed by atoms with Crippen LogP contribution >= 0.6 is 0 Å². The largest absolute Gasteiger partial charge is 0.492 e. The number of hydrazine groups is 2. The van der Waals surface area contributed by atoms with Crippen LogP contribution in [0.2, 0.25) is 0 Å². The van der Waals surface area contributed by atoms with Gasteiger partial charge in [0.25, 0.3) is 0 Å². The molecule has 2 aliphatic rings. The van der Waals surface area contributed by atoms with Crippen LogP contribution in [0.1, 0.15) is 17.5 Å². The average Bonchev–Trinajstić information content (AvgIpc) is 2.92. The summed E-state index contributed by atoms with van der Waals surface area (Å²) in [5.74, 6) is 0.00395. The molecule has 2 aliphatic heterocycles. The van der Waals surface area contributed by atoms with Gasteiger partial charge in [0.15, 0.2) is 0 Å². The van der Waals surface area contributed by atoms with Crippen LogP contribution in [-0.2, 0) is 12.6 Å². The van der Waals surface area contributed by atoms with Gasteiger partial charge < -0.3 is 5.11 Å². The molecule has 0 spiro atoms. The lowest BCUT2D eigenvalue weighted by Crippen LogP contribution is -2.43. The van der Waals surface area contributed by atoms with Gasteiger partial charge in [-0.15, -0.1) is 5.53 Å². The predicted octanol–water partition coefficient (Wildman–Crippen LogP) is 4.12. The monoisotopic (exact) mass is 333 g/mol. The Bertz CT molecular complexity index is 815. The molecule has 0 atom stereocenters. The van der Waals surface area contributed by atoms with Crippen molar-refractivity contribution in [3.63, 3.8) is 0 Å². The number of halogens is 3. The zero-order valence-corrected chi connectivity index (χ0v) is 12.5. The fraction of sp³-hybridized carbons (Fsp3) is 0.176. The standard InChI is InChI=1S/C17H14F3N3O/c18-17(19,20)12-6-8-13(9-7-12)22-16(24)15-10-5-11-3-1-2-4-14(11)23(15)21-22/h1-4,6-9,21,24H,5,10H2. The number of hydrogen-bond donors (Lipinski definition) is 2. The van der Waals surface area contributed by atoms with Crippen LogP contribution in [0.3, 0.4) is 0 Å². The average molecular weight is 333 g/mol. The number of nitrogens with zero attached hydrogens (tertiary/aromatic N) is 2. The first-order chi connectivity index (χ1) is 11.4. The third-order valence-electron chi connectivity index (χ3n) is 4.26. The summed E-state index contributed by atoms with van der Waals surface area (Å²) in [5.41, 5.74) is 5.53. The molecular formula is C17H14F3N3O. The maximum absolute atomic E-state index is 12.7. The van der Waals surface area contributed by atoms with E-state index in [0.717, 1.165) is 29.8 Å². The highest BCUT2D eigenvalue weighted by Crippen LogP contribution is 2.38. The molecule has 0 saturated heterocycles. The van der Waals surface area contributed by atoms with Gasteiger partial charge in [0, 0.05) is 0 Å². The Balaban J connectivity index is 1.67. The molecule has 2 heterocycles. The van der Waals surface area contributed by atoms with Crippen LogP contribution in [0.4, 0.5) is 24.5 Å². The molecule has 24 heavy (non-hydrogen) atoms. The minimum Gasteiger partial charge on any atom is -0.492 e. The molecule has 0 amide bonds. The van der Waals surface area contributed by atoms with Crippen molar-refractivity contribution in [2.45, 2.75) is 19.0 Å². The first-order valence-corrected chi connectivity index (χ1v) is 7.49. The minimum absolute atomic E-state index is 0.00395. The van der Waals surface area contributed by atoms with E-state index in [-0.39, 0.29) is 5.88 Å². The van der Waals surface area contributed by atoms with Crippen LogP contribution < -0.4 is 15.6 Å². The van der Waals surface area contributed by atoms with Crippen molar-refractivity contribution in [1.29, 1.82) is 0 Å². The number of anilines is 2. The van der Waals surface area contributed by atoms with Crippen LogP contribution in [0.25, 0.3) is 0 Å². The molecule has 0 aromatic heterocycles. The number of fused-ring (bicyclic) bond motifs is 3. The van der Waals surface area contributed by atoms with Crippen molar-refractivity contribution in [3.05, 3.63) is 71.2 Å². The van der Waals surface area contributed by atoms with Crippen LogP contribution in [0.5, 0.6) is 0 Å². The number of hydrogen-bond acceptors (Lipinski definition) is 4. The van der Waals surface area contributed by atoms with Crippen molar-refractivity contribution < 1.29 is 18.3 Å². The van der Waals surface area contributed by atoms with Crippen molar-refractivity contribution in [2.75, 3.05) is 10.0 Å². The fourth-order valence-corrected chi connectivity index (χ4v) is 3.03. The molecule has 124 valence electrons. The summed E-state index contributed by atoms with van der Waals surface area (Å²) in [6.45, 7) is 0. The van der Waals surface area contributed by atoms with Crippen molar-refractivity contribution in [1.82, 2.24) is 5.53 Å². The number of nitrogens with one attached hydrogen (secondary N) is 1. The first kappa shape index (κ1) is 14.9. The van der Waals surface area contributed by atoms with E-state index < -0.39 is 11.7 Å². The van der Waals surface area contributed by atoms with Gasteiger partial charge in [-0.25, -0.2) is 5.01 Å². The summed E-state index contributed by atoms with van der Waals surface area (Å²) in [4.78, 5) is 0. The third kappa shape index (κ3) is 2.28. The van der Waals surface area contributed by atoms with Crippen molar-refractivity contribution >= 4 is 11.4 Å². The van der Waals surface area contributed by atoms with E-state index in [0.29, 0.717) is 17.8 Å². The maximum atomic E-state index is 12.7. The number of aliphatic hydroxyl groups is 1. The van der Waals surface area contributed by atoms with Crippen LogP contribution in [0, 0.1) is 0 Å². The summed E-state index contributed by atoms with van der Waals surface area (Å²) in [6.07, 6.45) is -2.94. The van der Waals surface area contributed by atoms with Gasteiger partial charge in [-0.3, -0.25) is 5.01 Å². The van der Waals surface area contributed by atoms with E-state index in [1.165, 1.54) is 17.1 Å². The highest BCUT2D eigenvalue weighted by molar-refractivity contribution is 5.65. The molecule has 0 radical (unpaired) electrons. The Kier molecular flexibility index (Phi) is 3.21. The molecule has 0 bridgehead atoms. The number of aliphatic hydroxyl groups excluding tert-OH is 1. The lowest BCUT2D eigenvalue weighted by Gasteiger charge is -2.29. The molecule has 4 nitrogen and oxygen atoms in total. The van der Waals surface area contributed by atoms with Crippen LogP contribution in [-0.4, -0.2) is 5.11 Å². The second-order valence-electron chi connectivity index (χ2n) is 5.71. The molecule has 0 saturated carbocycles. The Morgan fingerprint density at radius 3 is 2.33 bits per heavy atom. The summed E-state index contributed by atoms with van der Waals surface area (Å²) >= 11 is 0. The summed E-state index contributed by atoms with van der Waals surface area (Å²) in [7, 11) is 0. The highest BCUT2D eigenvalue weighted by Gasteiger charge is 2.35. The molecule has 4 rings (SSSR count). The molecule has 2 N–H and O–H groups in total. The van der Waals surface area contributed by atoms with E-state index in [9.17, 15) is 18.3 Å². The Morgan fingerprint density at radius 1 is 0.917 bits per heavy atom. The molecule has 0 aliphatic carbocycles. The van der Waals surface area contributed by atoms with Gasteiger partial charge in [-0.1, -0.05) is 18.2 Å². The van der Waals surface area contributed by atoms with Gasteiger partial charge >= 0.3 is 6.18 Å². The minimum atomic E-state index is -4.38. The van der Waals surface area contributed by atoms with Crippen molar-refractivity contribution in [2.24, 2.45) is 0 Å². The number of rotatable bonds is 1. The van der Waals surface area contributed by atoms with Crippen LogP contribution in [0.15, 0.2) is 60.1 Å². The van der Waals surface area contributed by atoms with E-state index in [1.807, 2.05) is 24.3 Å². The second-order valence-corrected chi connectivity index (χ2v) is 5.71. The van der Waals surface area contributed by atoms with Gasteiger partial charge in [0.05, 0.1) is 22.6 Å². The molecular weight excluding hydrogens is 319 g/mol. The van der Waals surface area contributed by atoms with Gasteiger partial charge in [0.2, 0.25) is 5.88 Å². The number of para-hydroxylation sites is 1. The quantitative estimate of drug-likeness (QED) is 0.823. The zero-order chi connectivity index (χ0) is 16.9. The Morgan fingerprint density at radius 2 is 1.62 bits per heavy atom. The maximum Gasteiger partial charge on any atom is 0.416 e. The molecule has 7 heteroatoms. The topological polar surface area (TPSA) is 38.7 Å². The van der Waals surface area contributed by atoms with Gasteiger partial charge in [-0.2, -0.15) is 13.2 Å². The lowest BCUT2D eigenvalue weighted by molar-refractivity contribution is -0.137.